The highest BCUT2D eigenvalue weighted by atomic mass is 127. The lowest BCUT2D eigenvalue weighted by molar-refractivity contribution is -0.117. The molecule has 0 saturated carbocycles. The largest absolute Gasteiger partial charge is 0.369 e. The number of carbonyl (C=O) groups excluding carboxylic acids is 1. The van der Waals surface area contributed by atoms with Gasteiger partial charge in [0.05, 0.1) is 0 Å². The van der Waals surface area contributed by atoms with E-state index in [-0.39, 0.29) is 0 Å². The summed E-state index contributed by atoms with van der Waals surface area (Å²) in [5.74, 6) is -0.622. The summed E-state index contributed by atoms with van der Waals surface area (Å²) >= 11 is 1.64. The molecule has 6 heteroatoms. The Labute approximate surface area is 59.0 Å². The summed E-state index contributed by atoms with van der Waals surface area (Å²) in [6.07, 6.45) is 0. The van der Waals surface area contributed by atoms with Crippen LogP contribution >= 0.6 is 22.6 Å². The Balaban J connectivity index is 3.82. The molecule has 5 nitrogen and oxygen atoms in total. The van der Waals surface area contributed by atoms with Crippen LogP contribution in [0.4, 0.5) is 0 Å². The van der Waals surface area contributed by atoms with Crippen LogP contribution in [-0.2, 0) is 4.79 Å². The Morgan fingerprint density at radius 3 is 2.62 bits per heavy atom. The third-order valence-corrected chi connectivity index (χ3v) is 1.25. The zero-order chi connectivity index (χ0) is 6.57. The van der Waals surface area contributed by atoms with E-state index in [0.29, 0.717) is 0 Å². The van der Waals surface area contributed by atoms with Gasteiger partial charge in [0.15, 0.2) is 4.05 Å². The number of carbonyl (C=O) groups is 1. The van der Waals surface area contributed by atoms with Crippen molar-refractivity contribution >= 4 is 28.5 Å². The van der Waals surface area contributed by atoms with Crippen LogP contribution in [0.3, 0.4) is 0 Å². The molecule has 0 aliphatic heterocycles. The van der Waals surface area contributed by atoms with Crippen LogP contribution in [0.1, 0.15) is 0 Å². The van der Waals surface area contributed by atoms with Gasteiger partial charge in [-0.25, -0.2) is 0 Å². The highest BCUT2D eigenvalue weighted by molar-refractivity contribution is 14.1. The van der Waals surface area contributed by atoms with Gasteiger partial charge in [0.2, 0.25) is 5.91 Å². The van der Waals surface area contributed by atoms with Crippen LogP contribution < -0.4 is 5.73 Å². The SMILES string of the molecule is [N-]=[N+]=NC(I)C(N)=O. The molecule has 1 unspecified atom stereocenters. The standard InChI is InChI=1S/C2H3IN4O/c3-1(2(4)8)6-7-5/h1H,(H2,4,8). The first kappa shape index (κ1) is 7.51. The summed E-state index contributed by atoms with van der Waals surface area (Å²) in [6, 6.07) is 0. The Hall–Kier alpha value is -0.490. The summed E-state index contributed by atoms with van der Waals surface area (Å²) in [7, 11) is 0. The van der Waals surface area contributed by atoms with Crippen LogP contribution in [0.2, 0.25) is 0 Å². The first-order chi connectivity index (χ1) is 3.68. The lowest BCUT2D eigenvalue weighted by atomic mass is 10.7. The van der Waals surface area contributed by atoms with E-state index in [9.17, 15) is 4.79 Å². The van der Waals surface area contributed by atoms with Gasteiger partial charge in [-0.15, -0.1) is 0 Å². The van der Waals surface area contributed by atoms with Crippen molar-refractivity contribution in [2.75, 3.05) is 0 Å². The molecule has 8 heavy (non-hydrogen) atoms. The van der Waals surface area contributed by atoms with Crippen LogP contribution in [0.15, 0.2) is 5.11 Å². The van der Waals surface area contributed by atoms with Crippen molar-refractivity contribution in [3.8, 4) is 0 Å². The Morgan fingerprint density at radius 2 is 2.50 bits per heavy atom. The lowest BCUT2D eigenvalue weighted by Crippen LogP contribution is -2.20. The fourth-order valence-electron chi connectivity index (χ4n) is 0.102. The molecule has 0 aromatic rings. The molecule has 0 bridgehead atoms. The molecule has 0 spiro atoms. The van der Waals surface area contributed by atoms with Crippen molar-refractivity contribution in [2.24, 2.45) is 10.8 Å². The quantitative estimate of drug-likeness (QED) is 0.182. The lowest BCUT2D eigenvalue weighted by Gasteiger charge is -1.89. The second kappa shape index (κ2) is 3.50. The topological polar surface area (TPSA) is 91.8 Å². The van der Waals surface area contributed by atoms with Crippen LogP contribution in [0.25, 0.3) is 10.4 Å². The summed E-state index contributed by atoms with van der Waals surface area (Å²) < 4.78 is -0.766. The van der Waals surface area contributed by atoms with Crippen molar-refractivity contribution in [2.45, 2.75) is 4.05 Å². The summed E-state index contributed by atoms with van der Waals surface area (Å²) in [5, 5.41) is 3.02. The van der Waals surface area contributed by atoms with Crippen molar-refractivity contribution in [3.05, 3.63) is 10.4 Å². The molecule has 0 rings (SSSR count). The van der Waals surface area contributed by atoms with E-state index in [1.807, 2.05) is 0 Å². The van der Waals surface area contributed by atoms with E-state index >= 15 is 0 Å². The summed E-state index contributed by atoms with van der Waals surface area (Å²) in [6.45, 7) is 0. The second-order valence-corrected chi connectivity index (χ2v) is 2.12. The van der Waals surface area contributed by atoms with Gasteiger partial charge in [-0.2, -0.15) is 0 Å². The predicted octanol–water partition coefficient (Wildman–Crippen LogP) is 0.543. The van der Waals surface area contributed by atoms with Gasteiger partial charge >= 0.3 is 0 Å². The normalized spacial score (nSPS) is 11.6. The molecule has 0 aliphatic rings. The van der Waals surface area contributed by atoms with Crippen LogP contribution in [-0.4, -0.2) is 9.96 Å². The highest BCUT2D eigenvalue weighted by Gasteiger charge is 2.04. The van der Waals surface area contributed by atoms with Gasteiger partial charge < -0.3 is 5.73 Å². The van der Waals surface area contributed by atoms with Crippen molar-refractivity contribution < 1.29 is 4.79 Å². The zero-order valence-electron chi connectivity index (χ0n) is 3.78. The molecule has 0 aromatic heterocycles. The van der Waals surface area contributed by atoms with Crippen LogP contribution in [0, 0.1) is 0 Å². The number of rotatable bonds is 2. The van der Waals surface area contributed by atoms with E-state index < -0.39 is 9.96 Å². The average Bonchev–Trinajstić information content (AvgIpc) is 1.67. The van der Waals surface area contributed by atoms with E-state index in [4.69, 9.17) is 11.3 Å². The van der Waals surface area contributed by atoms with Crippen LogP contribution in [0.5, 0.6) is 0 Å². The molecule has 0 aliphatic carbocycles. The van der Waals surface area contributed by atoms with Gasteiger partial charge in [0, 0.05) is 4.91 Å². The highest BCUT2D eigenvalue weighted by Crippen LogP contribution is 1.99. The molecule has 0 fully saturated rings. The number of primary amides is 1. The third-order valence-electron chi connectivity index (χ3n) is 0.388. The maximum absolute atomic E-state index is 10.0. The van der Waals surface area contributed by atoms with Crippen molar-refractivity contribution in [1.29, 1.82) is 0 Å². The number of hydrogen-bond acceptors (Lipinski definition) is 2. The van der Waals surface area contributed by atoms with E-state index in [0.717, 1.165) is 0 Å². The Morgan fingerprint density at radius 1 is 2.00 bits per heavy atom. The number of halogens is 1. The maximum atomic E-state index is 10.0. The maximum Gasteiger partial charge on any atom is 0.236 e. The summed E-state index contributed by atoms with van der Waals surface area (Å²) in [4.78, 5) is 12.4. The summed E-state index contributed by atoms with van der Waals surface area (Å²) in [5.41, 5.74) is 12.4. The van der Waals surface area contributed by atoms with Gasteiger partial charge in [0.1, 0.15) is 0 Å². The zero-order valence-corrected chi connectivity index (χ0v) is 5.94. The first-order valence-corrected chi connectivity index (χ1v) is 2.90. The molecule has 0 aromatic carbocycles. The molecule has 44 valence electrons. The number of nitrogens with two attached hydrogens (primary N) is 1. The molecule has 0 radical (unpaired) electrons. The number of hydrogen-bond donors (Lipinski definition) is 1. The Bertz CT molecular complexity index is 137. The molecule has 2 N–H and O–H groups in total. The molecule has 0 heterocycles. The molecule has 0 saturated heterocycles. The fraction of sp³-hybridized carbons (Fsp3) is 0.500. The minimum Gasteiger partial charge on any atom is -0.369 e. The molecule has 1 amide bonds. The Kier molecular flexibility index (Phi) is 3.29. The van der Waals surface area contributed by atoms with Gasteiger partial charge in [-0.05, 0) is 5.53 Å². The average molecular weight is 226 g/mol. The van der Waals surface area contributed by atoms with Gasteiger partial charge in [-0.1, -0.05) is 27.7 Å². The molecular weight excluding hydrogens is 223 g/mol. The smallest absolute Gasteiger partial charge is 0.236 e. The fourth-order valence-corrected chi connectivity index (χ4v) is 0.214. The number of alkyl halides is 1. The minimum atomic E-state index is -0.766. The number of nitrogens with zero attached hydrogens (tertiary/aromatic N) is 3. The number of amides is 1. The number of azide groups is 1. The van der Waals surface area contributed by atoms with E-state index in [1.165, 1.54) is 0 Å². The van der Waals surface area contributed by atoms with Gasteiger partial charge in [-0.3, -0.25) is 4.79 Å². The third kappa shape index (κ3) is 2.64. The van der Waals surface area contributed by atoms with Gasteiger partial charge in [0.25, 0.3) is 0 Å². The monoisotopic (exact) mass is 226 g/mol. The van der Waals surface area contributed by atoms with Crippen molar-refractivity contribution in [1.82, 2.24) is 0 Å². The van der Waals surface area contributed by atoms with E-state index in [1.54, 1.807) is 22.6 Å². The van der Waals surface area contributed by atoms with Crippen molar-refractivity contribution in [3.63, 3.8) is 0 Å². The second-order valence-electron chi connectivity index (χ2n) is 0.943. The molecule has 1 atom stereocenters. The molecular formula is C2H3IN4O. The first-order valence-electron chi connectivity index (χ1n) is 1.66. The predicted molar refractivity (Wildman–Crippen MR) is 36.1 cm³/mol. The minimum absolute atomic E-state index is 0.622. The van der Waals surface area contributed by atoms with E-state index in [2.05, 4.69) is 10.0 Å².